The van der Waals surface area contributed by atoms with Crippen molar-refractivity contribution in [2.45, 2.75) is 99.1 Å². The summed E-state index contributed by atoms with van der Waals surface area (Å²) in [7, 11) is 0. The maximum atomic E-state index is 11.5. The lowest BCUT2D eigenvalue weighted by atomic mass is 9.93. The number of ketones is 1. The fourth-order valence-electron chi connectivity index (χ4n) is 2.38. The highest BCUT2D eigenvalue weighted by atomic mass is 16.1. The van der Waals surface area contributed by atoms with Crippen LogP contribution in [0.15, 0.2) is 0 Å². The standard InChI is InChI=1S/C13H25NO.2C2H6/c1-10(2)9-13(11(3)15)14-12-7-5-4-6-8-12;2*1-2/h10,12-14H,4-9H2,1-3H3;2*1-2H3. The minimum Gasteiger partial charge on any atom is -0.305 e. The molecule has 0 heterocycles. The van der Waals surface area contributed by atoms with Gasteiger partial charge in [-0.1, -0.05) is 60.8 Å². The van der Waals surface area contributed by atoms with E-state index in [1.54, 1.807) is 6.92 Å². The van der Waals surface area contributed by atoms with Gasteiger partial charge in [0.1, 0.15) is 5.78 Å². The Morgan fingerprint density at radius 1 is 1.05 bits per heavy atom. The van der Waals surface area contributed by atoms with Gasteiger partial charge in [-0.05, 0) is 32.1 Å². The molecule has 0 saturated heterocycles. The third-order valence-electron chi connectivity index (χ3n) is 3.24. The Bertz CT molecular complexity index is 195. The third-order valence-corrected chi connectivity index (χ3v) is 3.24. The highest BCUT2D eigenvalue weighted by molar-refractivity contribution is 5.81. The van der Waals surface area contributed by atoms with E-state index >= 15 is 0 Å². The third kappa shape index (κ3) is 11.2. The smallest absolute Gasteiger partial charge is 0.146 e. The van der Waals surface area contributed by atoms with Crippen LogP contribution in [0.25, 0.3) is 0 Å². The summed E-state index contributed by atoms with van der Waals surface area (Å²) in [5.74, 6) is 0.893. The molecule has 2 nitrogen and oxygen atoms in total. The predicted octanol–water partition coefficient (Wildman–Crippen LogP) is 4.96. The Balaban J connectivity index is 0. The van der Waals surface area contributed by atoms with E-state index in [2.05, 4.69) is 19.2 Å². The minimum absolute atomic E-state index is 0.0908. The summed E-state index contributed by atoms with van der Waals surface area (Å²) in [4.78, 5) is 11.5. The fraction of sp³-hybridized carbons (Fsp3) is 0.941. The van der Waals surface area contributed by atoms with E-state index in [-0.39, 0.29) is 6.04 Å². The maximum Gasteiger partial charge on any atom is 0.146 e. The molecule has 2 heteroatoms. The van der Waals surface area contributed by atoms with Crippen molar-refractivity contribution in [2.24, 2.45) is 5.92 Å². The Hall–Kier alpha value is -0.370. The largest absolute Gasteiger partial charge is 0.305 e. The molecule has 1 N–H and O–H groups in total. The quantitative estimate of drug-likeness (QED) is 0.765. The average Bonchev–Trinajstić information content (AvgIpc) is 2.43. The highest BCUT2D eigenvalue weighted by Crippen LogP contribution is 2.19. The number of hydrogen-bond acceptors (Lipinski definition) is 2. The highest BCUT2D eigenvalue weighted by Gasteiger charge is 2.21. The van der Waals surface area contributed by atoms with E-state index in [1.807, 2.05) is 27.7 Å². The van der Waals surface area contributed by atoms with Gasteiger partial charge in [0.15, 0.2) is 0 Å². The number of carbonyl (C=O) groups excluding carboxylic acids is 1. The van der Waals surface area contributed by atoms with Gasteiger partial charge in [0, 0.05) is 6.04 Å². The van der Waals surface area contributed by atoms with E-state index < -0.39 is 0 Å². The van der Waals surface area contributed by atoms with Crippen molar-refractivity contribution >= 4 is 5.78 Å². The molecule has 1 rings (SSSR count). The Kier molecular flexibility index (Phi) is 15.5. The van der Waals surface area contributed by atoms with Gasteiger partial charge in [0.05, 0.1) is 6.04 Å². The van der Waals surface area contributed by atoms with Crippen molar-refractivity contribution in [2.75, 3.05) is 0 Å². The number of carbonyl (C=O) groups is 1. The molecule has 1 aliphatic carbocycles. The molecule has 116 valence electrons. The second kappa shape index (κ2) is 14.0. The zero-order chi connectivity index (χ0) is 15.3. The van der Waals surface area contributed by atoms with Crippen molar-refractivity contribution in [1.29, 1.82) is 0 Å². The Morgan fingerprint density at radius 3 is 1.89 bits per heavy atom. The van der Waals surface area contributed by atoms with Gasteiger partial charge < -0.3 is 5.32 Å². The molecule has 0 amide bonds. The zero-order valence-electron chi connectivity index (χ0n) is 14.4. The monoisotopic (exact) mass is 271 g/mol. The van der Waals surface area contributed by atoms with Gasteiger partial charge >= 0.3 is 0 Å². The summed E-state index contributed by atoms with van der Waals surface area (Å²) in [5.41, 5.74) is 0. The van der Waals surface area contributed by atoms with Crippen LogP contribution in [0.1, 0.15) is 87.0 Å². The number of hydrogen-bond donors (Lipinski definition) is 1. The topological polar surface area (TPSA) is 29.1 Å². The second-order valence-corrected chi connectivity index (χ2v) is 5.29. The Labute approximate surface area is 121 Å². The Morgan fingerprint density at radius 2 is 1.53 bits per heavy atom. The van der Waals surface area contributed by atoms with E-state index in [1.165, 1.54) is 32.1 Å². The van der Waals surface area contributed by atoms with Gasteiger partial charge in [0.25, 0.3) is 0 Å². The van der Waals surface area contributed by atoms with E-state index in [9.17, 15) is 4.79 Å². The molecule has 0 radical (unpaired) electrons. The first-order chi connectivity index (χ1) is 9.09. The summed E-state index contributed by atoms with van der Waals surface area (Å²) >= 11 is 0. The lowest BCUT2D eigenvalue weighted by Gasteiger charge is -2.28. The van der Waals surface area contributed by atoms with Crippen LogP contribution in [0.2, 0.25) is 0 Å². The zero-order valence-corrected chi connectivity index (χ0v) is 14.4. The lowest BCUT2D eigenvalue weighted by molar-refractivity contribution is -0.119. The van der Waals surface area contributed by atoms with E-state index in [4.69, 9.17) is 0 Å². The molecule has 0 aromatic rings. The molecular formula is C17H37NO. The molecule has 0 aromatic heterocycles. The fourth-order valence-corrected chi connectivity index (χ4v) is 2.38. The van der Waals surface area contributed by atoms with Gasteiger partial charge in [0.2, 0.25) is 0 Å². The molecule has 1 unspecified atom stereocenters. The normalized spacial score (nSPS) is 16.8. The number of Topliss-reactive ketones (excluding diaryl/α,β-unsaturated/α-hetero) is 1. The number of rotatable bonds is 5. The molecule has 0 aliphatic heterocycles. The van der Waals surface area contributed by atoms with Gasteiger partial charge in [-0.15, -0.1) is 0 Å². The van der Waals surface area contributed by atoms with Crippen LogP contribution in [0.5, 0.6) is 0 Å². The van der Waals surface area contributed by atoms with Crippen LogP contribution in [0.4, 0.5) is 0 Å². The van der Waals surface area contributed by atoms with Crippen LogP contribution < -0.4 is 5.32 Å². The summed E-state index contributed by atoms with van der Waals surface area (Å²) in [6.07, 6.45) is 7.50. The maximum absolute atomic E-state index is 11.5. The van der Waals surface area contributed by atoms with Crippen molar-refractivity contribution in [1.82, 2.24) is 5.32 Å². The van der Waals surface area contributed by atoms with Crippen LogP contribution in [0.3, 0.4) is 0 Å². The summed E-state index contributed by atoms with van der Waals surface area (Å²) in [5, 5.41) is 3.54. The van der Waals surface area contributed by atoms with Crippen molar-refractivity contribution < 1.29 is 4.79 Å². The molecule has 0 aromatic carbocycles. The summed E-state index contributed by atoms with van der Waals surface area (Å²) in [6.45, 7) is 14.1. The van der Waals surface area contributed by atoms with Crippen molar-refractivity contribution in [3.8, 4) is 0 Å². The van der Waals surface area contributed by atoms with Gasteiger partial charge in [-0.2, -0.15) is 0 Å². The SMILES string of the molecule is CC.CC.CC(=O)C(CC(C)C)NC1CCCCC1. The number of nitrogens with one attached hydrogen (secondary N) is 1. The lowest BCUT2D eigenvalue weighted by Crippen LogP contribution is -2.44. The van der Waals surface area contributed by atoms with E-state index in [0.717, 1.165) is 6.42 Å². The first-order valence-corrected chi connectivity index (χ1v) is 8.36. The van der Waals surface area contributed by atoms with Crippen molar-refractivity contribution in [3.63, 3.8) is 0 Å². The van der Waals surface area contributed by atoms with Crippen LogP contribution in [-0.4, -0.2) is 17.9 Å². The molecule has 0 bridgehead atoms. The molecule has 19 heavy (non-hydrogen) atoms. The summed E-state index contributed by atoms with van der Waals surface area (Å²) in [6, 6.07) is 0.680. The average molecular weight is 271 g/mol. The molecule has 0 spiro atoms. The van der Waals surface area contributed by atoms with Gasteiger partial charge in [-0.25, -0.2) is 0 Å². The van der Waals surface area contributed by atoms with Crippen molar-refractivity contribution in [3.05, 3.63) is 0 Å². The van der Waals surface area contributed by atoms with E-state index in [0.29, 0.717) is 17.7 Å². The van der Waals surface area contributed by atoms with Crippen LogP contribution >= 0.6 is 0 Å². The molecule has 1 atom stereocenters. The van der Waals surface area contributed by atoms with Crippen LogP contribution in [-0.2, 0) is 4.79 Å². The molecular weight excluding hydrogens is 234 g/mol. The minimum atomic E-state index is 0.0908. The molecule has 1 aliphatic rings. The second-order valence-electron chi connectivity index (χ2n) is 5.29. The first kappa shape index (κ1) is 20.9. The molecule has 1 fully saturated rings. The summed E-state index contributed by atoms with van der Waals surface area (Å²) < 4.78 is 0. The van der Waals surface area contributed by atoms with Crippen LogP contribution in [0, 0.1) is 5.92 Å². The molecule has 1 saturated carbocycles. The predicted molar refractivity (Wildman–Crippen MR) is 86.6 cm³/mol. The van der Waals surface area contributed by atoms with Gasteiger partial charge in [-0.3, -0.25) is 4.79 Å². The first-order valence-electron chi connectivity index (χ1n) is 8.36.